The van der Waals surface area contributed by atoms with E-state index in [0.717, 1.165) is 10.9 Å². The van der Waals surface area contributed by atoms with E-state index >= 15 is 0 Å². The monoisotopic (exact) mass is 454 g/mol. The van der Waals surface area contributed by atoms with E-state index in [1.807, 2.05) is 11.8 Å². The van der Waals surface area contributed by atoms with Crippen molar-refractivity contribution in [1.29, 1.82) is 0 Å². The summed E-state index contributed by atoms with van der Waals surface area (Å²) in [5.41, 5.74) is 0.841. The van der Waals surface area contributed by atoms with E-state index in [-0.39, 0.29) is 17.9 Å². The van der Waals surface area contributed by atoms with Gasteiger partial charge in [-0.05, 0) is 59.1 Å². The van der Waals surface area contributed by atoms with Crippen LogP contribution in [0.5, 0.6) is 5.75 Å². The van der Waals surface area contributed by atoms with E-state index in [2.05, 4.69) is 31.1 Å². The second kappa shape index (κ2) is 9.77. The van der Waals surface area contributed by atoms with E-state index in [1.165, 1.54) is 6.07 Å². The number of azo groups is 1. The molecule has 2 aromatic rings. The Morgan fingerprint density at radius 2 is 1.96 bits per heavy atom. The standard InChI is InChI=1S/C17H21BrN4O4S/c1-2-8-22(9-3-10-27(24,25)26)14-5-6-15(16(23)11-14)20-21-17-7-4-13(18)12-19-17/h4-7,11-12,23H,2-3,8-10H2,1H3,(H,24,25,26)/p-2. The molecule has 0 saturated heterocycles. The van der Waals surface area contributed by atoms with Gasteiger partial charge in [0.2, 0.25) is 0 Å². The second-order valence-electron chi connectivity index (χ2n) is 5.79. The van der Waals surface area contributed by atoms with Crippen LogP contribution < -0.4 is 10.0 Å². The molecule has 0 amide bonds. The predicted octanol–water partition coefficient (Wildman–Crippen LogP) is 3.48. The zero-order chi connectivity index (χ0) is 19.9. The van der Waals surface area contributed by atoms with Crippen molar-refractivity contribution in [2.24, 2.45) is 10.2 Å². The number of nitrogens with zero attached hydrogens (tertiary/aromatic N) is 4. The molecule has 0 atom stereocenters. The van der Waals surface area contributed by atoms with Crippen LogP contribution in [0.1, 0.15) is 19.8 Å². The highest BCUT2D eigenvalue weighted by Gasteiger charge is 2.07. The molecule has 0 aliphatic rings. The Kier molecular flexibility index (Phi) is 7.69. The normalized spacial score (nSPS) is 11.8. The lowest BCUT2D eigenvalue weighted by Crippen LogP contribution is -2.26. The van der Waals surface area contributed by atoms with Crippen LogP contribution in [0.3, 0.4) is 0 Å². The van der Waals surface area contributed by atoms with Crippen LogP contribution in [0.25, 0.3) is 0 Å². The first-order chi connectivity index (χ1) is 12.8. The number of anilines is 1. The number of hydrogen-bond acceptors (Lipinski definition) is 8. The van der Waals surface area contributed by atoms with E-state index in [9.17, 15) is 18.1 Å². The molecule has 8 nitrogen and oxygen atoms in total. The smallest absolute Gasteiger partial charge is 0.174 e. The van der Waals surface area contributed by atoms with Crippen LogP contribution in [0, 0.1) is 0 Å². The molecule has 1 aromatic carbocycles. The minimum atomic E-state index is -4.24. The van der Waals surface area contributed by atoms with Gasteiger partial charge in [-0.25, -0.2) is 13.4 Å². The Balaban J connectivity index is 2.11. The molecule has 0 aliphatic heterocycles. The molecule has 0 N–H and O–H groups in total. The lowest BCUT2D eigenvalue weighted by atomic mass is 10.2. The fraction of sp³-hybridized carbons (Fsp3) is 0.353. The molecule has 0 aliphatic carbocycles. The van der Waals surface area contributed by atoms with Crippen LogP contribution in [0.2, 0.25) is 0 Å². The lowest BCUT2D eigenvalue weighted by Gasteiger charge is -2.26. The third-order valence-corrected chi connectivity index (χ3v) is 4.85. The first-order valence-electron chi connectivity index (χ1n) is 8.31. The molecule has 0 radical (unpaired) electrons. The van der Waals surface area contributed by atoms with E-state index in [1.54, 1.807) is 30.5 Å². The number of pyridine rings is 1. The molecule has 1 aromatic heterocycles. The Morgan fingerprint density at radius 3 is 2.56 bits per heavy atom. The Bertz CT molecular complexity index is 888. The highest BCUT2D eigenvalue weighted by Crippen LogP contribution is 2.30. The van der Waals surface area contributed by atoms with Crippen molar-refractivity contribution < 1.29 is 18.1 Å². The third-order valence-electron chi connectivity index (χ3n) is 3.60. The molecule has 146 valence electrons. The lowest BCUT2D eigenvalue weighted by molar-refractivity contribution is -0.267. The Morgan fingerprint density at radius 1 is 1.19 bits per heavy atom. The first kappa shape index (κ1) is 21.3. The van der Waals surface area contributed by atoms with E-state index in [0.29, 0.717) is 24.6 Å². The number of halogens is 1. The van der Waals surface area contributed by atoms with Gasteiger partial charge in [0.05, 0.1) is 15.8 Å². The minimum Gasteiger partial charge on any atom is -0.871 e. The van der Waals surface area contributed by atoms with Gasteiger partial charge >= 0.3 is 0 Å². The molecular formula is C17H19BrN4O4S-2. The summed E-state index contributed by atoms with van der Waals surface area (Å²) in [4.78, 5) is 5.93. The molecule has 0 fully saturated rings. The summed E-state index contributed by atoms with van der Waals surface area (Å²) in [5, 5.41) is 20.2. The number of benzene rings is 1. The molecule has 0 saturated carbocycles. The van der Waals surface area contributed by atoms with Gasteiger partial charge < -0.3 is 14.6 Å². The van der Waals surface area contributed by atoms with Crippen LogP contribution in [0.4, 0.5) is 17.2 Å². The zero-order valence-electron chi connectivity index (χ0n) is 14.7. The van der Waals surface area contributed by atoms with Crippen LogP contribution >= 0.6 is 15.9 Å². The fourth-order valence-corrected chi connectivity index (χ4v) is 3.10. The van der Waals surface area contributed by atoms with Gasteiger partial charge in [0, 0.05) is 35.2 Å². The number of hydrogen-bond donors (Lipinski definition) is 0. The van der Waals surface area contributed by atoms with E-state index in [4.69, 9.17) is 0 Å². The fourth-order valence-electron chi connectivity index (χ4n) is 2.39. The average molecular weight is 455 g/mol. The molecule has 0 unspecified atom stereocenters. The first-order valence-corrected chi connectivity index (χ1v) is 10.7. The van der Waals surface area contributed by atoms with Crippen LogP contribution in [0.15, 0.2) is 51.2 Å². The highest BCUT2D eigenvalue weighted by molar-refractivity contribution is 9.10. The predicted molar refractivity (Wildman–Crippen MR) is 104 cm³/mol. The molecule has 0 bridgehead atoms. The van der Waals surface area contributed by atoms with Gasteiger partial charge in [0.25, 0.3) is 0 Å². The quantitative estimate of drug-likeness (QED) is 0.422. The van der Waals surface area contributed by atoms with Gasteiger partial charge in [0.15, 0.2) is 5.82 Å². The molecule has 0 spiro atoms. The summed E-state index contributed by atoms with van der Waals surface area (Å²) in [6, 6.07) is 8.16. The van der Waals surface area contributed by atoms with Crippen molar-refractivity contribution >= 4 is 43.2 Å². The summed E-state index contributed by atoms with van der Waals surface area (Å²) in [7, 11) is -4.24. The average Bonchev–Trinajstić information content (AvgIpc) is 2.60. The van der Waals surface area contributed by atoms with Crippen LogP contribution in [-0.2, 0) is 10.1 Å². The second-order valence-corrected chi connectivity index (χ2v) is 8.23. The summed E-state index contributed by atoms with van der Waals surface area (Å²) in [5.74, 6) is -0.344. The van der Waals surface area contributed by atoms with Crippen molar-refractivity contribution in [3.8, 4) is 5.75 Å². The van der Waals surface area contributed by atoms with Crippen molar-refractivity contribution in [3.63, 3.8) is 0 Å². The molecule has 27 heavy (non-hydrogen) atoms. The molecule has 10 heteroatoms. The molecule has 1 heterocycles. The zero-order valence-corrected chi connectivity index (χ0v) is 17.1. The maximum atomic E-state index is 12.3. The van der Waals surface area contributed by atoms with Gasteiger partial charge in [-0.3, -0.25) is 0 Å². The molecular weight excluding hydrogens is 436 g/mol. The SMILES string of the molecule is CCCN(CCCS(=O)(=O)[O-])c1ccc(N=Nc2ccc(Br)cn2)c([O-])c1. The van der Waals surface area contributed by atoms with Gasteiger partial charge in [0.1, 0.15) is 0 Å². The summed E-state index contributed by atoms with van der Waals surface area (Å²) in [6.45, 7) is 2.99. The minimum absolute atomic E-state index is 0.182. The Labute approximate surface area is 166 Å². The van der Waals surface area contributed by atoms with Gasteiger partial charge in [-0.2, -0.15) is 0 Å². The maximum Gasteiger partial charge on any atom is 0.174 e. The van der Waals surface area contributed by atoms with Crippen molar-refractivity contribution in [2.75, 3.05) is 23.7 Å². The topological polar surface area (TPSA) is 121 Å². The van der Waals surface area contributed by atoms with Crippen molar-refractivity contribution in [3.05, 3.63) is 41.0 Å². The highest BCUT2D eigenvalue weighted by atomic mass is 79.9. The van der Waals surface area contributed by atoms with Crippen molar-refractivity contribution in [1.82, 2.24) is 4.98 Å². The Hall–Kier alpha value is -2.04. The van der Waals surface area contributed by atoms with Gasteiger partial charge in [-0.1, -0.05) is 12.7 Å². The summed E-state index contributed by atoms with van der Waals surface area (Å²) < 4.78 is 33.1. The number of aromatic nitrogens is 1. The third kappa shape index (κ3) is 7.24. The number of rotatable bonds is 9. The van der Waals surface area contributed by atoms with E-state index < -0.39 is 15.9 Å². The van der Waals surface area contributed by atoms with Crippen LogP contribution in [-0.4, -0.2) is 36.8 Å². The maximum absolute atomic E-state index is 12.3. The van der Waals surface area contributed by atoms with Crippen molar-refractivity contribution in [2.45, 2.75) is 19.8 Å². The van der Waals surface area contributed by atoms with Gasteiger partial charge in [-0.15, -0.1) is 10.2 Å². The summed E-state index contributed by atoms with van der Waals surface area (Å²) >= 11 is 3.28. The molecule has 2 rings (SSSR count). The summed E-state index contributed by atoms with van der Waals surface area (Å²) in [6.07, 6.45) is 2.60. The largest absolute Gasteiger partial charge is 0.871 e.